The fourth-order valence-electron chi connectivity index (χ4n) is 2.22. The largest absolute Gasteiger partial charge is 0.349 e. The minimum Gasteiger partial charge on any atom is -0.349 e. The lowest BCUT2D eigenvalue weighted by Gasteiger charge is -2.13. The predicted molar refractivity (Wildman–Crippen MR) is 71.1 cm³/mol. The summed E-state index contributed by atoms with van der Waals surface area (Å²) in [4.78, 5) is 13.0. The Morgan fingerprint density at radius 2 is 2.59 bits per heavy atom. The summed E-state index contributed by atoms with van der Waals surface area (Å²) in [6.45, 7) is 4.23. The molecule has 1 aliphatic heterocycles. The number of carbonyl (C=O) groups excluding carboxylic acids is 1. The molecular formula is C13H20N2OS. The minimum atomic E-state index is 0.143. The van der Waals surface area contributed by atoms with Gasteiger partial charge >= 0.3 is 0 Å². The molecule has 2 rings (SSSR count). The molecule has 0 bridgehead atoms. The number of rotatable bonds is 5. The molecule has 2 atom stereocenters. The van der Waals surface area contributed by atoms with E-state index in [-0.39, 0.29) is 11.9 Å². The summed E-state index contributed by atoms with van der Waals surface area (Å²) >= 11 is 1.69. The second-order valence-electron chi connectivity index (χ2n) is 4.70. The fourth-order valence-corrected chi connectivity index (χ4v) is 2.95. The van der Waals surface area contributed by atoms with Gasteiger partial charge < -0.3 is 10.6 Å². The van der Waals surface area contributed by atoms with Gasteiger partial charge in [-0.2, -0.15) is 0 Å². The van der Waals surface area contributed by atoms with Gasteiger partial charge in [-0.05, 0) is 50.2 Å². The highest BCUT2D eigenvalue weighted by Crippen LogP contribution is 2.19. The molecule has 1 aliphatic rings. The van der Waals surface area contributed by atoms with E-state index in [0.717, 1.165) is 19.5 Å². The molecule has 0 aliphatic carbocycles. The molecule has 0 aromatic carbocycles. The van der Waals surface area contributed by atoms with Crippen molar-refractivity contribution in [3.63, 3.8) is 0 Å². The summed E-state index contributed by atoms with van der Waals surface area (Å²) in [5, 5.41) is 8.43. The summed E-state index contributed by atoms with van der Waals surface area (Å²) in [6, 6.07) is 4.23. The summed E-state index contributed by atoms with van der Waals surface area (Å²) in [5.74, 6) is 0.871. The van der Waals surface area contributed by atoms with Gasteiger partial charge in [0.1, 0.15) is 0 Å². The minimum absolute atomic E-state index is 0.143. The average molecular weight is 252 g/mol. The van der Waals surface area contributed by atoms with E-state index >= 15 is 0 Å². The standard InChI is InChI=1S/C13H20N2OS/c1-10(12-3-2-8-17-12)15-13(16)5-4-11-6-7-14-9-11/h2-3,8,10-11,14H,4-7,9H2,1H3,(H,15,16). The molecule has 1 amide bonds. The molecular weight excluding hydrogens is 232 g/mol. The average Bonchev–Trinajstić information content (AvgIpc) is 2.99. The van der Waals surface area contributed by atoms with Crippen molar-refractivity contribution in [2.24, 2.45) is 5.92 Å². The molecule has 1 aromatic rings. The van der Waals surface area contributed by atoms with Crippen molar-refractivity contribution >= 4 is 17.2 Å². The lowest BCUT2D eigenvalue weighted by molar-refractivity contribution is -0.122. The van der Waals surface area contributed by atoms with E-state index in [9.17, 15) is 4.79 Å². The third-order valence-corrected chi connectivity index (χ3v) is 4.34. The lowest BCUT2D eigenvalue weighted by Crippen LogP contribution is -2.26. The molecule has 0 radical (unpaired) electrons. The molecule has 17 heavy (non-hydrogen) atoms. The van der Waals surface area contributed by atoms with Gasteiger partial charge in [-0.1, -0.05) is 6.07 Å². The van der Waals surface area contributed by atoms with Gasteiger partial charge in [0.2, 0.25) is 5.91 Å². The van der Waals surface area contributed by atoms with Crippen molar-refractivity contribution in [2.45, 2.75) is 32.2 Å². The maximum absolute atomic E-state index is 11.8. The molecule has 4 heteroatoms. The number of hydrogen-bond donors (Lipinski definition) is 2. The zero-order valence-corrected chi connectivity index (χ0v) is 11.1. The number of nitrogens with one attached hydrogen (secondary N) is 2. The first kappa shape index (κ1) is 12.6. The maximum atomic E-state index is 11.8. The highest BCUT2D eigenvalue weighted by atomic mass is 32.1. The van der Waals surface area contributed by atoms with Gasteiger partial charge in [0, 0.05) is 11.3 Å². The van der Waals surface area contributed by atoms with E-state index in [1.165, 1.54) is 11.3 Å². The van der Waals surface area contributed by atoms with E-state index in [4.69, 9.17) is 0 Å². The Hall–Kier alpha value is -0.870. The zero-order chi connectivity index (χ0) is 12.1. The van der Waals surface area contributed by atoms with E-state index in [1.807, 2.05) is 18.4 Å². The molecule has 1 saturated heterocycles. The third kappa shape index (κ3) is 3.82. The Labute approximate surface area is 107 Å². The Balaban J connectivity index is 1.69. The number of amides is 1. The van der Waals surface area contributed by atoms with Gasteiger partial charge in [-0.15, -0.1) is 11.3 Å². The molecule has 94 valence electrons. The van der Waals surface area contributed by atoms with Crippen LogP contribution in [0.15, 0.2) is 17.5 Å². The smallest absolute Gasteiger partial charge is 0.220 e. The first-order valence-corrected chi connectivity index (χ1v) is 7.17. The van der Waals surface area contributed by atoms with Crippen molar-refractivity contribution in [1.82, 2.24) is 10.6 Å². The number of hydrogen-bond acceptors (Lipinski definition) is 3. The molecule has 3 nitrogen and oxygen atoms in total. The summed E-state index contributed by atoms with van der Waals surface area (Å²) < 4.78 is 0. The van der Waals surface area contributed by atoms with E-state index < -0.39 is 0 Å². The maximum Gasteiger partial charge on any atom is 0.220 e. The molecule has 2 unspecified atom stereocenters. The predicted octanol–water partition coefficient (Wildman–Crippen LogP) is 2.32. The lowest BCUT2D eigenvalue weighted by atomic mass is 10.0. The van der Waals surface area contributed by atoms with Crippen LogP contribution in [0.1, 0.15) is 37.1 Å². The summed E-state index contributed by atoms with van der Waals surface area (Å²) in [7, 11) is 0. The van der Waals surface area contributed by atoms with Crippen molar-refractivity contribution in [2.75, 3.05) is 13.1 Å². The topological polar surface area (TPSA) is 41.1 Å². The van der Waals surface area contributed by atoms with Crippen LogP contribution in [0, 0.1) is 5.92 Å². The molecule has 2 N–H and O–H groups in total. The second-order valence-corrected chi connectivity index (χ2v) is 5.68. The fraction of sp³-hybridized carbons (Fsp3) is 0.615. The van der Waals surface area contributed by atoms with Gasteiger partial charge in [0.05, 0.1) is 6.04 Å². The Kier molecular flexibility index (Phi) is 4.57. The van der Waals surface area contributed by atoms with Crippen LogP contribution in [-0.4, -0.2) is 19.0 Å². The summed E-state index contributed by atoms with van der Waals surface area (Å²) in [5.41, 5.74) is 0. The van der Waals surface area contributed by atoms with E-state index in [0.29, 0.717) is 12.3 Å². The molecule has 0 spiro atoms. The second kappa shape index (κ2) is 6.17. The van der Waals surface area contributed by atoms with E-state index in [1.54, 1.807) is 11.3 Å². The Morgan fingerprint density at radius 3 is 3.24 bits per heavy atom. The van der Waals surface area contributed by atoms with Crippen LogP contribution in [0.4, 0.5) is 0 Å². The van der Waals surface area contributed by atoms with Gasteiger partial charge in [-0.3, -0.25) is 4.79 Å². The van der Waals surface area contributed by atoms with Crippen molar-refractivity contribution < 1.29 is 4.79 Å². The highest BCUT2D eigenvalue weighted by Gasteiger charge is 2.16. The number of thiophene rings is 1. The first-order valence-electron chi connectivity index (χ1n) is 6.29. The molecule has 1 aromatic heterocycles. The first-order chi connectivity index (χ1) is 8.25. The monoisotopic (exact) mass is 252 g/mol. The van der Waals surface area contributed by atoms with Gasteiger partial charge in [0.25, 0.3) is 0 Å². The highest BCUT2D eigenvalue weighted by molar-refractivity contribution is 7.10. The van der Waals surface area contributed by atoms with Crippen LogP contribution < -0.4 is 10.6 Å². The van der Waals surface area contributed by atoms with Gasteiger partial charge in [0.15, 0.2) is 0 Å². The zero-order valence-electron chi connectivity index (χ0n) is 10.2. The Morgan fingerprint density at radius 1 is 1.71 bits per heavy atom. The van der Waals surface area contributed by atoms with Crippen LogP contribution in [-0.2, 0) is 4.79 Å². The Bertz CT molecular complexity index is 344. The quantitative estimate of drug-likeness (QED) is 0.844. The molecule has 2 heterocycles. The van der Waals surface area contributed by atoms with Crippen molar-refractivity contribution in [3.8, 4) is 0 Å². The van der Waals surface area contributed by atoms with Crippen LogP contribution in [0.2, 0.25) is 0 Å². The van der Waals surface area contributed by atoms with Gasteiger partial charge in [-0.25, -0.2) is 0 Å². The normalized spacial score (nSPS) is 21.4. The van der Waals surface area contributed by atoms with Crippen molar-refractivity contribution in [1.29, 1.82) is 0 Å². The SMILES string of the molecule is CC(NC(=O)CCC1CCNC1)c1cccs1. The van der Waals surface area contributed by atoms with Crippen molar-refractivity contribution in [3.05, 3.63) is 22.4 Å². The summed E-state index contributed by atoms with van der Waals surface area (Å²) in [6.07, 6.45) is 2.88. The molecule has 0 saturated carbocycles. The third-order valence-electron chi connectivity index (χ3n) is 3.29. The van der Waals surface area contributed by atoms with Crippen LogP contribution >= 0.6 is 11.3 Å². The molecule has 1 fully saturated rings. The number of carbonyl (C=O) groups is 1. The van der Waals surface area contributed by atoms with Crippen LogP contribution in [0.5, 0.6) is 0 Å². The van der Waals surface area contributed by atoms with E-state index in [2.05, 4.69) is 16.7 Å². The van der Waals surface area contributed by atoms with Crippen LogP contribution in [0.3, 0.4) is 0 Å². The van der Waals surface area contributed by atoms with Crippen LogP contribution in [0.25, 0.3) is 0 Å².